The fourth-order valence-corrected chi connectivity index (χ4v) is 2.22. The van der Waals surface area contributed by atoms with Gasteiger partial charge in [-0.2, -0.15) is 0 Å². The van der Waals surface area contributed by atoms with E-state index in [1.165, 1.54) is 19.3 Å². The lowest BCUT2D eigenvalue weighted by Crippen LogP contribution is -2.21. The average molecular weight is 182 g/mol. The van der Waals surface area contributed by atoms with Gasteiger partial charge in [0.2, 0.25) is 0 Å². The van der Waals surface area contributed by atoms with Gasteiger partial charge in [-0.25, -0.2) is 0 Å². The average Bonchev–Trinajstić information content (AvgIpc) is 2.85. The molecule has 1 rings (SSSR count). The third-order valence-electron chi connectivity index (χ3n) is 4.18. The third-order valence-corrected chi connectivity index (χ3v) is 4.18. The summed E-state index contributed by atoms with van der Waals surface area (Å²) in [6.07, 6.45) is 4.50. The quantitative estimate of drug-likeness (QED) is 0.593. The Bertz CT molecular complexity index is 144. The smallest absolute Gasteiger partial charge is 0.0389 e. The fraction of sp³-hybridized carbons (Fsp3) is 1.00. The first kappa shape index (κ1) is 11.1. The summed E-state index contributed by atoms with van der Waals surface area (Å²) in [4.78, 5) is 0. The van der Waals surface area contributed by atoms with Gasteiger partial charge in [0.1, 0.15) is 0 Å². The van der Waals surface area contributed by atoms with Crippen LogP contribution in [0, 0.1) is 29.6 Å². The Hall–Kier alpha value is 0. The van der Waals surface area contributed by atoms with Crippen LogP contribution in [0.2, 0.25) is 0 Å². The summed E-state index contributed by atoms with van der Waals surface area (Å²) in [6.45, 7) is 12.0. The fourth-order valence-electron chi connectivity index (χ4n) is 2.22. The zero-order valence-electron chi connectivity index (χ0n) is 10.0. The molecule has 1 aliphatic rings. The second-order valence-corrected chi connectivity index (χ2v) is 5.62. The van der Waals surface area contributed by atoms with Crippen LogP contribution in [0.5, 0.6) is 0 Å². The van der Waals surface area contributed by atoms with E-state index >= 15 is 0 Å². The zero-order valence-corrected chi connectivity index (χ0v) is 10.0. The van der Waals surface area contributed by atoms with Crippen molar-refractivity contribution < 1.29 is 0 Å². The molecule has 0 radical (unpaired) electrons. The summed E-state index contributed by atoms with van der Waals surface area (Å²) in [5.41, 5.74) is 0. The highest BCUT2D eigenvalue weighted by molar-refractivity contribution is 4.79. The molecule has 1 fully saturated rings. The highest BCUT2D eigenvalue weighted by Crippen LogP contribution is 2.39. The van der Waals surface area contributed by atoms with Crippen LogP contribution in [0.1, 0.15) is 53.9 Å². The molecule has 0 heteroatoms. The molecule has 78 valence electrons. The van der Waals surface area contributed by atoms with Crippen LogP contribution in [0.3, 0.4) is 0 Å². The van der Waals surface area contributed by atoms with Crippen molar-refractivity contribution in [3.05, 3.63) is 0 Å². The summed E-state index contributed by atoms with van der Waals surface area (Å²) < 4.78 is 0. The molecule has 0 aliphatic heterocycles. The Morgan fingerprint density at radius 3 is 1.85 bits per heavy atom. The van der Waals surface area contributed by atoms with Crippen LogP contribution < -0.4 is 0 Å². The second-order valence-electron chi connectivity index (χ2n) is 5.62. The lowest BCUT2D eigenvalue weighted by atomic mass is 9.77. The van der Waals surface area contributed by atoms with Crippen LogP contribution in [0.4, 0.5) is 0 Å². The lowest BCUT2D eigenvalue weighted by molar-refractivity contribution is 0.209. The maximum Gasteiger partial charge on any atom is -0.0389 e. The molecular weight excluding hydrogens is 156 g/mol. The Balaban J connectivity index is 2.30. The topological polar surface area (TPSA) is 0 Å². The molecule has 1 saturated carbocycles. The van der Waals surface area contributed by atoms with Gasteiger partial charge in [-0.1, -0.05) is 47.5 Å². The van der Waals surface area contributed by atoms with E-state index in [9.17, 15) is 0 Å². The van der Waals surface area contributed by atoms with Crippen molar-refractivity contribution in [1.82, 2.24) is 0 Å². The van der Waals surface area contributed by atoms with Gasteiger partial charge in [0, 0.05) is 0 Å². The molecule has 0 saturated heterocycles. The van der Waals surface area contributed by atoms with Crippen LogP contribution in [0.25, 0.3) is 0 Å². The van der Waals surface area contributed by atoms with E-state index < -0.39 is 0 Å². The third kappa shape index (κ3) is 3.32. The molecule has 0 heterocycles. The van der Waals surface area contributed by atoms with E-state index in [4.69, 9.17) is 0 Å². The first-order valence-electron chi connectivity index (χ1n) is 6.02. The summed E-state index contributed by atoms with van der Waals surface area (Å²) in [6, 6.07) is 0. The monoisotopic (exact) mass is 182 g/mol. The van der Waals surface area contributed by atoms with Crippen molar-refractivity contribution in [3.8, 4) is 0 Å². The van der Waals surface area contributed by atoms with Gasteiger partial charge >= 0.3 is 0 Å². The number of hydrogen-bond acceptors (Lipinski definition) is 0. The van der Waals surface area contributed by atoms with E-state index in [-0.39, 0.29) is 0 Å². The molecule has 0 aromatic carbocycles. The predicted octanol–water partition coefficient (Wildman–Crippen LogP) is 4.35. The molecule has 0 amide bonds. The zero-order chi connectivity index (χ0) is 10.0. The largest absolute Gasteiger partial charge is 0.0625 e. The first-order chi connectivity index (χ1) is 6.02. The minimum absolute atomic E-state index is 0.844. The number of rotatable bonds is 5. The molecule has 0 spiro atoms. The molecule has 0 bridgehead atoms. The molecule has 0 nitrogen and oxygen atoms in total. The first-order valence-corrected chi connectivity index (χ1v) is 6.02. The normalized spacial score (nSPS) is 24.5. The minimum atomic E-state index is 0.844. The maximum atomic E-state index is 2.45. The van der Waals surface area contributed by atoms with Crippen molar-refractivity contribution in [3.63, 3.8) is 0 Å². The molecule has 0 N–H and O–H groups in total. The molecule has 3 atom stereocenters. The SMILES string of the molecule is CC(C)C(C)C(C)C(C)CC1CC1. The van der Waals surface area contributed by atoms with Gasteiger partial charge in [0.15, 0.2) is 0 Å². The highest BCUT2D eigenvalue weighted by atomic mass is 14.3. The molecule has 0 aromatic heterocycles. The maximum absolute atomic E-state index is 2.45. The summed E-state index contributed by atoms with van der Waals surface area (Å²) in [7, 11) is 0. The van der Waals surface area contributed by atoms with E-state index in [1.807, 2.05) is 0 Å². The number of hydrogen-bond donors (Lipinski definition) is 0. The minimum Gasteiger partial charge on any atom is -0.0625 e. The van der Waals surface area contributed by atoms with Crippen LogP contribution in [0.15, 0.2) is 0 Å². The van der Waals surface area contributed by atoms with Gasteiger partial charge < -0.3 is 0 Å². The Morgan fingerprint density at radius 1 is 0.923 bits per heavy atom. The summed E-state index contributed by atoms with van der Waals surface area (Å²) in [5, 5.41) is 0. The van der Waals surface area contributed by atoms with Crippen molar-refractivity contribution >= 4 is 0 Å². The predicted molar refractivity (Wildman–Crippen MR) is 59.7 cm³/mol. The van der Waals surface area contributed by atoms with Crippen molar-refractivity contribution in [2.75, 3.05) is 0 Å². The van der Waals surface area contributed by atoms with Crippen molar-refractivity contribution in [2.24, 2.45) is 29.6 Å². The van der Waals surface area contributed by atoms with Gasteiger partial charge in [-0.15, -0.1) is 0 Å². The van der Waals surface area contributed by atoms with E-state index in [2.05, 4.69) is 34.6 Å². The lowest BCUT2D eigenvalue weighted by Gasteiger charge is -2.28. The Morgan fingerprint density at radius 2 is 1.46 bits per heavy atom. The molecule has 3 unspecified atom stereocenters. The van der Waals surface area contributed by atoms with Gasteiger partial charge in [-0.05, 0) is 36.0 Å². The second kappa shape index (κ2) is 4.48. The summed E-state index contributed by atoms with van der Waals surface area (Å²) in [5.74, 6) is 4.66. The highest BCUT2D eigenvalue weighted by Gasteiger charge is 2.28. The molecule has 0 aromatic rings. The molecule has 13 heavy (non-hydrogen) atoms. The van der Waals surface area contributed by atoms with Gasteiger partial charge in [0.25, 0.3) is 0 Å². The van der Waals surface area contributed by atoms with Crippen molar-refractivity contribution in [2.45, 2.75) is 53.9 Å². The molecule has 1 aliphatic carbocycles. The van der Waals surface area contributed by atoms with Gasteiger partial charge in [0.05, 0.1) is 0 Å². The van der Waals surface area contributed by atoms with Crippen LogP contribution in [-0.4, -0.2) is 0 Å². The Labute approximate surface area is 84.1 Å². The van der Waals surface area contributed by atoms with Crippen molar-refractivity contribution in [1.29, 1.82) is 0 Å². The van der Waals surface area contributed by atoms with Gasteiger partial charge in [-0.3, -0.25) is 0 Å². The van der Waals surface area contributed by atoms with Crippen LogP contribution in [-0.2, 0) is 0 Å². The molecular formula is C13H26. The van der Waals surface area contributed by atoms with Crippen LogP contribution >= 0.6 is 0 Å². The standard InChI is InChI=1S/C13H26/c1-9(2)11(4)12(5)10(3)8-13-6-7-13/h9-13H,6-8H2,1-5H3. The van der Waals surface area contributed by atoms with E-state index in [0.29, 0.717) is 0 Å². The summed E-state index contributed by atoms with van der Waals surface area (Å²) >= 11 is 0. The van der Waals surface area contributed by atoms with E-state index in [0.717, 1.165) is 29.6 Å². The Kier molecular flexibility index (Phi) is 3.82. The van der Waals surface area contributed by atoms with E-state index in [1.54, 1.807) is 0 Å².